The summed E-state index contributed by atoms with van der Waals surface area (Å²) in [7, 11) is 0. The number of anilines is 1. The molecule has 1 aliphatic heterocycles. The van der Waals surface area contributed by atoms with Gasteiger partial charge in [-0.25, -0.2) is 0 Å². The van der Waals surface area contributed by atoms with Gasteiger partial charge in [-0.2, -0.15) is 10.1 Å². The second kappa shape index (κ2) is 9.15. The van der Waals surface area contributed by atoms with Crippen LogP contribution in [0.1, 0.15) is 18.1 Å². The third-order valence-corrected chi connectivity index (χ3v) is 5.49. The summed E-state index contributed by atoms with van der Waals surface area (Å²) in [5.41, 5.74) is 3.58. The number of carbonyl (C=O) groups excluding carboxylic acids is 1. The van der Waals surface area contributed by atoms with Crippen LogP contribution in [0.3, 0.4) is 0 Å². The van der Waals surface area contributed by atoms with Crippen molar-refractivity contribution >= 4 is 45.0 Å². The van der Waals surface area contributed by atoms with Gasteiger partial charge in [-0.15, -0.1) is 0 Å². The molecule has 0 saturated heterocycles. The topological polar surface area (TPSA) is 85.0 Å². The highest BCUT2D eigenvalue weighted by Gasteiger charge is 2.28. The lowest BCUT2D eigenvalue weighted by molar-refractivity contribution is -0.384. The SMILES string of the molecule is CC1=NN(c2ccccc2)C(=O)/C1=C/c1ccc(OCc2ccc([N+](=O)[O-])cc2)c(Br)c1. The average Bonchev–Trinajstić information content (AvgIpc) is 3.07. The Morgan fingerprint density at radius 1 is 1.09 bits per heavy atom. The molecule has 0 aliphatic carbocycles. The number of nitro benzene ring substituents is 1. The van der Waals surface area contributed by atoms with Crippen LogP contribution in [0.25, 0.3) is 6.08 Å². The number of benzene rings is 3. The summed E-state index contributed by atoms with van der Waals surface area (Å²) >= 11 is 3.51. The largest absolute Gasteiger partial charge is 0.488 e. The maximum absolute atomic E-state index is 12.9. The fourth-order valence-electron chi connectivity index (χ4n) is 3.19. The number of carbonyl (C=O) groups is 1. The van der Waals surface area contributed by atoms with E-state index in [1.54, 1.807) is 18.2 Å². The van der Waals surface area contributed by atoms with Gasteiger partial charge in [-0.3, -0.25) is 14.9 Å². The zero-order valence-corrected chi connectivity index (χ0v) is 18.7. The number of hydrogen-bond donors (Lipinski definition) is 0. The van der Waals surface area contributed by atoms with Crippen molar-refractivity contribution in [2.24, 2.45) is 5.10 Å². The molecule has 0 N–H and O–H groups in total. The molecule has 0 atom stereocenters. The van der Waals surface area contributed by atoms with Crippen LogP contribution in [0.5, 0.6) is 5.75 Å². The van der Waals surface area contributed by atoms with Crippen LogP contribution in [0.15, 0.2) is 87.9 Å². The van der Waals surface area contributed by atoms with Crippen molar-refractivity contribution < 1.29 is 14.5 Å². The average molecular weight is 492 g/mol. The number of hydrogen-bond acceptors (Lipinski definition) is 5. The number of halogens is 1. The lowest BCUT2D eigenvalue weighted by Gasteiger charge is -2.11. The molecule has 3 aromatic carbocycles. The first-order valence-corrected chi connectivity index (χ1v) is 10.5. The number of nitro groups is 1. The summed E-state index contributed by atoms with van der Waals surface area (Å²) in [6.45, 7) is 2.08. The molecule has 0 spiro atoms. The maximum atomic E-state index is 12.9. The van der Waals surface area contributed by atoms with Crippen LogP contribution in [0.2, 0.25) is 0 Å². The summed E-state index contributed by atoms with van der Waals surface area (Å²) in [6, 6.07) is 21.0. The summed E-state index contributed by atoms with van der Waals surface area (Å²) in [5, 5.41) is 16.5. The Bertz CT molecular complexity index is 1240. The zero-order chi connectivity index (χ0) is 22.7. The number of hydrazone groups is 1. The second-order valence-electron chi connectivity index (χ2n) is 7.10. The maximum Gasteiger partial charge on any atom is 0.280 e. The fraction of sp³-hybridized carbons (Fsp3) is 0.0833. The quantitative estimate of drug-likeness (QED) is 0.250. The number of amides is 1. The Morgan fingerprint density at radius 3 is 2.47 bits per heavy atom. The van der Waals surface area contributed by atoms with E-state index >= 15 is 0 Å². The smallest absolute Gasteiger partial charge is 0.280 e. The lowest BCUT2D eigenvalue weighted by Crippen LogP contribution is -2.21. The first kappa shape index (κ1) is 21.5. The predicted octanol–water partition coefficient (Wildman–Crippen LogP) is 5.74. The highest BCUT2D eigenvalue weighted by atomic mass is 79.9. The molecule has 1 aliphatic rings. The van der Waals surface area contributed by atoms with Crippen molar-refractivity contribution in [3.8, 4) is 5.75 Å². The molecule has 0 bridgehead atoms. The number of rotatable bonds is 6. The monoisotopic (exact) mass is 491 g/mol. The van der Waals surface area contributed by atoms with Crippen LogP contribution in [-0.4, -0.2) is 16.5 Å². The van der Waals surface area contributed by atoms with Gasteiger partial charge in [0.25, 0.3) is 11.6 Å². The van der Waals surface area contributed by atoms with Gasteiger partial charge >= 0.3 is 0 Å². The summed E-state index contributed by atoms with van der Waals surface area (Å²) in [6.07, 6.45) is 1.80. The molecule has 0 saturated carbocycles. The second-order valence-corrected chi connectivity index (χ2v) is 7.95. The van der Waals surface area contributed by atoms with Crippen LogP contribution in [-0.2, 0) is 11.4 Å². The van der Waals surface area contributed by atoms with Crippen LogP contribution in [0, 0.1) is 10.1 Å². The van der Waals surface area contributed by atoms with E-state index in [1.165, 1.54) is 17.1 Å². The number of non-ortho nitro benzene ring substituents is 1. The molecule has 3 aromatic rings. The minimum Gasteiger partial charge on any atom is -0.488 e. The molecular formula is C24H18BrN3O4. The van der Waals surface area contributed by atoms with Gasteiger partial charge in [0.1, 0.15) is 12.4 Å². The third-order valence-electron chi connectivity index (χ3n) is 4.87. The van der Waals surface area contributed by atoms with Crippen molar-refractivity contribution in [1.29, 1.82) is 0 Å². The Morgan fingerprint density at radius 2 is 1.81 bits per heavy atom. The standard InChI is InChI=1S/C24H18BrN3O4/c1-16-21(24(29)27(26-16)19-5-3-2-4-6-19)13-18-9-12-23(22(25)14-18)32-15-17-7-10-20(11-8-17)28(30)31/h2-14H,15H2,1H3/b21-13+. The molecule has 0 unspecified atom stereocenters. The van der Waals surface area contributed by atoms with Crippen molar-refractivity contribution in [1.82, 2.24) is 0 Å². The van der Waals surface area contributed by atoms with E-state index in [0.717, 1.165) is 21.3 Å². The van der Waals surface area contributed by atoms with E-state index in [0.29, 0.717) is 17.0 Å². The molecule has 0 radical (unpaired) electrons. The molecule has 1 heterocycles. The van der Waals surface area contributed by atoms with Gasteiger partial charge in [0.15, 0.2) is 0 Å². The third kappa shape index (κ3) is 4.60. The first-order valence-electron chi connectivity index (χ1n) is 9.75. The Hall–Kier alpha value is -3.78. The van der Waals surface area contributed by atoms with E-state index < -0.39 is 4.92 Å². The number of ether oxygens (including phenoxy) is 1. The van der Waals surface area contributed by atoms with Crippen LogP contribution >= 0.6 is 15.9 Å². The fourth-order valence-corrected chi connectivity index (χ4v) is 3.71. The molecule has 160 valence electrons. The molecule has 1 amide bonds. The first-order chi connectivity index (χ1) is 15.4. The number of nitrogens with zero attached hydrogens (tertiary/aromatic N) is 3. The van der Waals surface area contributed by atoms with Gasteiger partial charge in [0, 0.05) is 12.1 Å². The Balaban J connectivity index is 1.47. The molecule has 8 heteroatoms. The van der Waals surface area contributed by atoms with Crippen molar-refractivity contribution in [2.75, 3.05) is 5.01 Å². The van der Waals surface area contributed by atoms with Crippen molar-refractivity contribution in [3.63, 3.8) is 0 Å². The summed E-state index contributed by atoms with van der Waals surface area (Å²) < 4.78 is 6.56. The van der Waals surface area contributed by atoms with Gasteiger partial charge in [-0.05, 0) is 76.5 Å². The van der Waals surface area contributed by atoms with E-state index in [4.69, 9.17) is 4.74 Å². The van der Waals surface area contributed by atoms with Gasteiger partial charge < -0.3 is 4.74 Å². The van der Waals surface area contributed by atoms with Gasteiger partial charge in [-0.1, -0.05) is 24.3 Å². The molecule has 4 rings (SSSR count). The normalized spacial score (nSPS) is 14.6. The highest BCUT2D eigenvalue weighted by molar-refractivity contribution is 9.10. The highest BCUT2D eigenvalue weighted by Crippen LogP contribution is 2.30. The van der Waals surface area contributed by atoms with E-state index in [1.807, 2.05) is 55.5 Å². The van der Waals surface area contributed by atoms with Crippen molar-refractivity contribution in [3.05, 3.63) is 104 Å². The molecule has 7 nitrogen and oxygen atoms in total. The zero-order valence-electron chi connectivity index (χ0n) is 17.1. The van der Waals surface area contributed by atoms with E-state index in [9.17, 15) is 14.9 Å². The lowest BCUT2D eigenvalue weighted by atomic mass is 10.1. The van der Waals surface area contributed by atoms with Crippen molar-refractivity contribution in [2.45, 2.75) is 13.5 Å². The Kier molecular flexibility index (Phi) is 6.13. The Labute approximate surface area is 192 Å². The van der Waals surface area contributed by atoms with Gasteiger partial charge in [0.05, 0.1) is 26.4 Å². The minimum atomic E-state index is -0.435. The molecule has 0 aromatic heterocycles. The summed E-state index contributed by atoms with van der Waals surface area (Å²) in [5.74, 6) is 0.447. The predicted molar refractivity (Wildman–Crippen MR) is 127 cm³/mol. The van der Waals surface area contributed by atoms with E-state index in [2.05, 4.69) is 21.0 Å². The van der Waals surface area contributed by atoms with Gasteiger partial charge in [0.2, 0.25) is 0 Å². The molecule has 0 fully saturated rings. The van der Waals surface area contributed by atoms with Crippen LogP contribution in [0.4, 0.5) is 11.4 Å². The molecule has 32 heavy (non-hydrogen) atoms. The molecular weight excluding hydrogens is 474 g/mol. The number of para-hydroxylation sites is 1. The summed E-state index contributed by atoms with van der Waals surface area (Å²) in [4.78, 5) is 23.2. The van der Waals surface area contributed by atoms with E-state index in [-0.39, 0.29) is 18.2 Å². The minimum absolute atomic E-state index is 0.0402. The van der Waals surface area contributed by atoms with Crippen LogP contribution < -0.4 is 9.75 Å².